The number of thiocarbonyl (C=S) groups is 1. The van der Waals surface area contributed by atoms with Crippen LogP contribution in [0.5, 0.6) is 5.75 Å². The molecule has 13 heteroatoms. The molecule has 1 amide bonds. The van der Waals surface area contributed by atoms with Crippen molar-refractivity contribution >= 4 is 56.5 Å². The summed E-state index contributed by atoms with van der Waals surface area (Å²) in [5.41, 5.74) is 1.36. The summed E-state index contributed by atoms with van der Waals surface area (Å²) in [6.45, 7) is 0.888. The maximum Gasteiger partial charge on any atom is 0.326 e. The number of ketones is 1. The second-order valence-corrected chi connectivity index (χ2v) is 10.9. The quantitative estimate of drug-likeness (QED) is 0.137. The lowest BCUT2D eigenvalue weighted by atomic mass is 10.2. The first-order valence-corrected chi connectivity index (χ1v) is 14.3. The van der Waals surface area contributed by atoms with Gasteiger partial charge in [0.15, 0.2) is 16.6 Å². The van der Waals surface area contributed by atoms with Crippen LogP contribution in [0.15, 0.2) is 78.3 Å². The SMILES string of the molecule is CC(=O)COC(=O)CN1C(=S)N(c2ccccc2)C(=O)/C1=C\C=C1\Oc2ccccc2N1CCCCS(=O)(=O)O. The lowest BCUT2D eigenvalue weighted by Crippen LogP contribution is -2.36. The zero-order chi connectivity index (χ0) is 28.9. The Hall–Kier alpha value is -4.07. The minimum Gasteiger partial charge on any atom is -0.456 e. The Bertz CT molecular complexity index is 1490. The summed E-state index contributed by atoms with van der Waals surface area (Å²) in [6.07, 6.45) is 3.73. The van der Waals surface area contributed by atoms with Crippen LogP contribution < -0.4 is 14.5 Å². The van der Waals surface area contributed by atoms with Gasteiger partial charge in [0.1, 0.15) is 18.8 Å². The number of carbonyl (C=O) groups is 3. The third-order valence-corrected chi connectivity index (χ3v) is 7.14. The van der Waals surface area contributed by atoms with E-state index in [0.29, 0.717) is 30.3 Å². The topological polar surface area (TPSA) is 134 Å². The van der Waals surface area contributed by atoms with E-state index in [4.69, 9.17) is 26.2 Å². The van der Waals surface area contributed by atoms with Crippen molar-refractivity contribution in [2.45, 2.75) is 19.8 Å². The molecule has 0 saturated carbocycles. The van der Waals surface area contributed by atoms with Gasteiger partial charge in [-0.1, -0.05) is 30.3 Å². The number of Topliss-reactive ketones (excluding diaryl/α,β-unsaturated/α-hetero) is 1. The van der Waals surface area contributed by atoms with Crippen LogP contribution in [0, 0.1) is 0 Å². The number of unbranched alkanes of at least 4 members (excludes halogenated alkanes) is 1. The van der Waals surface area contributed by atoms with Crippen LogP contribution in [-0.4, -0.2) is 66.1 Å². The number of hydrogen-bond acceptors (Lipinski definition) is 9. The summed E-state index contributed by atoms with van der Waals surface area (Å²) in [4.78, 5) is 41.7. The van der Waals surface area contributed by atoms with Crippen LogP contribution in [0.4, 0.5) is 11.4 Å². The number of fused-ring (bicyclic) bond motifs is 1. The van der Waals surface area contributed by atoms with Gasteiger partial charge in [-0.15, -0.1) is 0 Å². The molecule has 2 aliphatic heterocycles. The van der Waals surface area contributed by atoms with Crippen LogP contribution in [0.1, 0.15) is 19.8 Å². The number of hydrogen-bond donors (Lipinski definition) is 1. The molecule has 2 aromatic rings. The van der Waals surface area contributed by atoms with Gasteiger partial charge in [-0.2, -0.15) is 8.42 Å². The average molecular weight is 586 g/mol. The molecule has 0 unspecified atom stereocenters. The average Bonchev–Trinajstić information content (AvgIpc) is 3.37. The largest absolute Gasteiger partial charge is 0.456 e. The summed E-state index contributed by atoms with van der Waals surface area (Å²) in [6, 6.07) is 16.0. The Kier molecular flexibility index (Phi) is 8.97. The van der Waals surface area contributed by atoms with Crippen molar-refractivity contribution in [3.8, 4) is 5.75 Å². The Balaban J connectivity index is 1.63. The molecule has 1 N–H and O–H groups in total. The molecule has 1 saturated heterocycles. The Labute approximate surface area is 237 Å². The predicted molar refractivity (Wildman–Crippen MR) is 151 cm³/mol. The van der Waals surface area contributed by atoms with Gasteiger partial charge in [0.05, 0.1) is 17.1 Å². The number of ether oxygens (including phenoxy) is 2. The van der Waals surface area contributed by atoms with E-state index in [-0.39, 0.29) is 28.8 Å². The summed E-state index contributed by atoms with van der Waals surface area (Å²) in [7, 11) is -4.07. The van der Waals surface area contributed by atoms with E-state index in [1.807, 2.05) is 23.1 Å². The number of anilines is 2. The Morgan fingerprint density at radius 1 is 1.02 bits per heavy atom. The van der Waals surface area contributed by atoms with Crippen LogP contribution in [0.25, 0.3) is 0 Å². The summed E-state index contributed by atoms with van der Waals surface area (Å²) >= 11 is 5.57. The number of benzene rings is 2. The maximum absolute atomic E-state index is 13.5. The molecule has 2 aliphatic rings. The van der Waals surface area contributed by atoms with Gasteiger partial charge >= 0.3 is 5.97 Å². The van der Waals surface area contributed by atoms with E-state index >= 15 is 0 Å². The smallest absolute Gasteiger partial charge is 0.326 e. The number of esters is 1. The molecule has 0 radical (unpaired) electrons. The Morgan fingerprint density at radius 2 is 1.73 bits per heavy atom. The van der Waals surface area contributed by atoms with Crippen molar-refractivity contribution in [3.63, 3.8) is 0 Å². The van der Waals surface area contributed by atoms with Crippen LogP contribution >= 0.6 is 12.2 Å². The zero-order valence-electron chi connectivity index (χ0n) is 21.6. The summed E-state index contributed by atoms with van der Waals surface area (Å²) in [5.74, 6) is -0.939. The lowest BCUT2D eigenvalue weighted by Gasteiger charge is -2.19. The maximum atomic E-state index is 13.5. The molecule has 0 atom stereocenters. The van der Waals surface area contributed by atoms with Gasteiger partial charge in [-0.05, 0) is 62.3 Å². The molecule has 0 bridgehead atoms. The van der Waals surface area contributed by atoms with Crippen LogP contribution in [-0.2, 0) is 29.2 Å². The highest BCUT2D eigenvalue weighted by Crippen LogP contribution is 2.39. The van der Waals surface area contributed by atoms with Crippen molar-refractivity contribution in [2.75, 3.05) is 35.2 Å². The van der Waals surface area contributed by atoms with Gasteiger partial charge in [-0.3, -0.25) is 23.8 Å². The van der Waals surface area contributed by atoms with E-state index in [1.54, 1.807) is 42.5 Å². The predicted octanol–water partition coefficient (Wildman–Crippen LogP) is 3.04. The molecule has 0 aromatic heterocycles. The minimum absolute atomic E-state index is 0.0679. The fraction of sp³-hybridized carbons (Fsp3) is 0.259. The molecule has 40 heavy (non-hydrogen) atoms. The van der Waals surface area contributed by atoms with E-state index in [2.05, 4.69) is 0 Å². The van der Waals surface area contributed by atoms with E-state index in [9.17, 15) is 22.8 Å². The molecule has 4 rings (SSSR count). The van der Waals surface area contributed by atoms with Crippen molar-refractivity contribution in [2.24, 2.45) is 0 Å². The first-order valence-electron chi connectivity index (χ1n) is 12.3. The number of amides is 1. The molecule has 2 aromatic carbocycles. The van der Waals surface area contributed by atoms with Crippen molar-refractivity contribution < 1.29 is 36.8 Å². The van der Waals surface area contributed by atoms with Crippen LogP contribution in [0.3, 0.4) is 0 Å². The number of para-hydroxylation sites is 3. The van der Waals surface area contributed by atoms with E-state index < -0.39 is 35.1 Å². The van der Waals surface area contributed by atoms with E-state index in [0.717, 1.165) is 5.69 Å². The van der Waals surface area contributed by atoms with Crippen molar-refractivity contribution in [3.05, 3.63) is 78.3 Å². The lowest BCUT2D eigenvalue weighted by molar-refractivity contribution is -0.147. The molecular formula is C27H27N3O8S2. The second-order valence-electron chi connectivity index (χ2n) is 8.98. The molecule has 0 aliphatic carbocycles. The van der Waals surface area contributed by atoms with Gasteiger partial charge in [-0.25, -0.2) is 0 Å². The fourth-order valence-electron chi connectivity index (χ4n) is 4.13. The standard InChI is InChI=1S/C27H27N3O8S2/c1-19(31)18-37-25(32)17-29-22(26(33)30(27(29)39)20-9-3-2-4-10-20)13-14-24-28(15-7-8-16-40(34,35)36)21-11-5-6-12-23(21)38-24/h2-6,9-14H,7-8,15-18H2,1H3,(H,34,35,36)/b22-13+,24-14+. The summed E-state index contributed by atoms with van der Waals surface area (Å²) in [5, 5.41) is 0.0679. The fourth-order valence-corrected chi connectivity index (χ4v) is 5.05. The molecule has 2 heterocycles. The number of carbonyl (C=O) groups excluding carboxylic acids is 3. The van der Waals surface area contributed by atoms with Crippen molar-refractivity contribution in [1.29, 1.82) is 0 Å². The van der Waals surface area contributed by atoms with Gasteiger partial charge in [0, 0.05) is 12.6 Å². The minimum atomic E-state index is -4.07. The number of rotatable bonds is 11. The van der Waals surface area contributed by atoms with E-state index in [1.165, 1.54) is 22.8 Å². The molecule has 11 nitrogen and oxygen atoms in total. The molecule has 0 spiro atoms. The van der Waals surface area contributed by atoms with Gasteiger partial charge in [0.2, 0.25) is 5.88 Å². The molecule has 1 fully saturated rings. The number of nitrogens with zero attached hydrogens (tertiary/aromatic N) is 3. The monoisotopic (exact) mass is 585 g/mol. The summed E-state index contributed by atoms with van der Waals surface area (Å²) < 4.78 is 42.2. The first kappa shape index (κ1) is 28.9. The number of allylic oxidation sites excluding steroid dienone is 2. The highest BCUT2D eigenvalue weighted by molar-refractivity contribution is 7.85. The first-order chi connectivity index (χ1) is 19.0. The third-order valence-electron chi connectivity index (χ3n) is 5.93. The highest BCUT2D eigenvalue weighted by Gasteiger charge is 2.40. The normalized spacial score (nSPS) is 17.0. The van der Waals surface area contributed by atoms with Gasteiger partial charge in [0.25, 0.3) is 16.0 Å². The molecule has 210 valence electrons. The molecular weight excluding hydrogens is 558 g/mol. The van der Waals surface area contributed by atoms with Crippen molar-refractivity contribution in [1.82, 2.24) is 4.90 Å². The zero-order valence-corrected chi connectivity index (χ0v) is 23.2. The highest BCUT2D eigenvalue weighted by atomic mass is 32.2. The van der Waals surface area contributed by atoms with Crippen LogP contribution in [0.2, 0.25) is 0 Å². The second kappa shape index (κ2) is 12.4. The Morgan fingerprint density at radius 3 is 2.42 bits per heavy atom. The third kappa shape index (κ3) is 6.92. The van der Waals surface area contributed by atoms with Gasteiger partial charge < -0.3 is 19.3 Å².